The third-order valence-electron chi connectivity index (χ3n) is 8.15. The summed E-state index contributed by atoms with van der Waals surface area (Å²) in [5.74, 6) is 0.839. The molecule has 26 heavy (non-hydrogen) atoms. The van der Waals surface area contributed by atoms with Crippen LogP contribution in [0.25, 0.3) is 0 Å². The Morgan fingerprint density at radius 1 is 1.12 bits per heavy atom. The summed E-state index contributed by atoms with van der Waals surface area (Å²) in [6, 6.07) is 4.37. The molecule has 2 saturated carbocycles. The number of benzene rings is 1. The molecular formula is C22H29NO3. The van der Waals surface area contributed by atoms with Gasteiger partial charge in [-0.15, -0.1) is 0 Å². The maximum absolute atomic E-state index is 12.1. The van der Waals surface area contributed by atoms with Crippen molar-refractivity contribution in [2.24, 2.45) is 0 Å². The van der Waals surface area contributed by atoms with Gasteiger partial charge in [0.05, 0.1) is 18.1 Å². The molecule has 1 aliphatic heterocycles. The Labute approximate surface area is 155 Å². The van der Waals surface area contributed by atoms with Crippen LogP contribution in [0.15, 0.2) is 12.1 Å². The van der Waals surface area contributed by atoms with Crippen LogP contribution in [-0.4, -0.2) is 36.7 Å². The molecule has 140 valence electrons. The number of hydrogen-bond donors (Lipinski definition) is 2. The monoisotopic (exact) mass is 355 g/mol. The number of aliphatic hydroxyl groups is 1. The van der Waals surface area contributed by atoms with E-state index in [1.165, 1.54) is 29.4 Å². The van der Waals surface area contributed by atoms with Crippen molar-refractivity contribution in [3.63, 3.8) is 0 Å². The second kappa shape index (κ2) is 5.56. The highest BCUT2D eigenvalue weighted by molar-refractivity contribution is 5.73. The Balaban J connectivity index is 1.77. The van der Waals surface area contributed by atoms with E-state index in [0.29, 0.717) is 0 Å². The molecule has 3 fully saturated rings. The minimum Gasteiger partial charge on any atom is -0.497 e. The van der Waals surface area contributed by atoms with E-state index in [1.54, 1.807) is 7.11 Å². The van der Waals surface area contributed by atoms with Gasteiger partial charge in [-0.05, 0) is 73.9 Å². The molecular weight excluding hydrogens is 326 g/mol. The lowest BCUT2D eigenvalue weighted by Crippen LogP contribution is -2.71. The zero-order chi connectivity index (χ0) is 18.0. The predicted octanol–water partition coefficient (Wildman–Crippen LogP) is 2.78. The fourth-order valence-corrected chi connectivity index (χ4v) is 6.57. The molecule has 0 spiro atoms. The van der Waals surface area contributed by atoms with E-state index in [4.69, 9.17) is 4.74 Å². The smallest absolute Gasteiger partial charge is 0.130 e. The molecule has 1 heterocycles. The lowest BCUT2D eigenvalue weighted by molar-refractivity contribution is -0.125. The zero-order valence-electron chi connectivity index (χ0n) is 15.6. The maximum atomic E-state index is 12.1. The van der Waals surface area contributed by atoms with E-state index >= 15 is 0 Å². The molecule has 0 radical (unpaired) electrons. The van der Waals surface area contributed by atoms with Crippen LogP contribution in [0.2, 0.25) is 0 Å². The van der Waals surface area contributed by atoms with Crippen LogP contribution in [-0.2, 0) is 22.0 Å². The zero-order valence-corrected chi connectivity index (χ0v) is 15.6. The molecule has 2 N–H and O–H groups in total. The number of nitrogens with one attached hydrogen (secondary N) is 1. The number of aldehydes is 1. The van der Waals surface area contributed by atoms with E-state index < -0.39 is 5.60 Å². The Morgan fingerprint density at radius 3 is 2.58 bits per heavy atom. The van der Waals surface area contributed by atoms with Crippen LogP contribution in [0.1, 0.15) is 68.1 Å². The molecule has 1 aromatic carbocycles. The van der Waals surface area contributed by atoms with Crippen molar-refractivity contribution in [1.82, 2.24) is 5.32 Å². The third-order valence-corrected chi connectivity index (χ3v) is 8.15. The van der Waals surface area contributed by atoms with Gasteiger partial charge < -0.3 is 20.0 Å². The number of methoxy groups -OCH3 is 1. The van der Waals surface area contributed by atoms with Gasteiger partial charge in [-0.1, -0.05) is 19.3 Å². The number of carbonyl (C=O) groups is 1. The topological polar surface area (TPSA) is 58.6 Å². The van der Waals surface area contributed by atoms with Gasteiger partial charge in [-0.2, -0.15) is 0 Å². The van der Waals surface area contributed by atoms with Crippen LogP contribution in [0.4, 0.5) is 0 Å². The van der Waals surface area contributed by atoms with E-state index in [-0.39, 0.29) is 16.9 Å². The molecule has 0 amide bonds. The minimum absolute atomic E-state index is 0.0972. The van der Waals surface area contributed by atoms with Crippen LogP contribution in [0, 0.1) is 0 Å². The maximum Gasteiger partial charge on any atom is 0.130 e. The average Bonchev–Trinajstić information content (AvgIpc) is 2.61. The first-order valence-corrected chi connectivity index (χ1v) is 10.2. The molecule has 5 rings (SSSR count). The first kappa shape index (κ1) is 16.8. The summed E-state index contributed by atoms with van der Waals surface area (Å²) >= 11 is 0. The molecule has 4 aliphatic rings. The van der Waals surface area contributed by atoms with Crippen molar-refractivity contribution in [2.75, 3.05) is 13.7 Å². The SMILES string of the molecule is COc1cc(C2(C=O)CCC2)c2c(c1)[C@@]13CCCC[C@@]1(O)[C@@H](C2)NCC3. The van der Waals surface area contributed by atoms with Crippen molar-refractivity contribution >= 4 is 6.29 Å². The summed E-state index contributed by atoms with van der Waals surface area (Å²) in [4.78, 5) is 12.1. The van der Waals surface area contributed by atoms with Crippen molar-refractivity contribution in [1.29, 1.82) is 0 Å². The molecule has 3 atom stereocenters. The van der Waals surface area contributed by atoms with E-state index in [1.807, 2.05) is 0 Å². The largest absolute Gasteiger partial charge is 0.497 e. The van der Waals surface area contributed by atoms with Crippen LogP contribution in [0.5, 0.6) is 5.75 Å². The van der Waals surface area contributed by atoms with Crippen LogP contribution < -0.4 is 10.1 Å². The number of rotatable bonds is 3. The number of hydrogen-bond acceptors (Lipinski definition) is 4. The number of ether oxygens (including phenoxy) is 1. The highest BCUT2D eigenvalue weighted by Crippen LogP contribution is 2.58. The van der Waals surface area contributed by atoms with Gasteiger partial charge >= 0.3 is 0 Å². The van der Waals surface area contributed by atoms with Crippen molar-refractivity contribution < 1.29 is 14.6 Å². The van der Waals surface area contributed by atoms with Gasteiger partial charge in [0.15, 0.2) is 0 Å². The Bertz CT molecular complexity index is 752. The normalized spacial score (nSPS) is 37.1. The summed E-state index contributed by atoms with van der Waals surface area (Å²) in [6.07, 6.45) is 10.1. The molecule has 4 nitrogen and oxygen atoms in total. The van der Waals surface area contributed by atoms with Gasteiger partial charge in [0.1, 0.15) is 12.0 Å². The Morgan fingerprint density at radius 2 is 1.88 bits per heavy atom. The van der Waals surface area contributed by atoms with Gasteiger partial charge in [-0.25, -0.2) is 0 Å². The molecule has 0 aromatic heterocycles. The standard InChI is InChI=1S/C22H29NO3/c1-26-15-11-17(20(14-24)5-4-6-20)16-13-19-22(25)8-3-2-7-21(22,9-10-23-19)18(16)12-15/h11-12,14,19,23,25H,2-10,13H2,1H3/t19-,21+,22-/m1/s1. The molecule has 0 unspecified atom stereocenters. The van der Waals surface area contributed by atoms with Gasteiger partial charge in [0.25, 0.3) is 0 Å². The molecule has 1 aromatic rings. The average molecular weight is 355 g/mol. The Hall–Kier alpha value is -1.39. The van der Waals surface area contributed by atoms with E-state index in [9.17, 15) is 9.90 Å². The summed E-state index contributed by atoms with van der Waals surface area (Å²) in [5.41, 5.74) is 2.57. The number of piperidine rings is 1. The second-order valence-electron chi connectivity index (χ2n) is 9.00. The quantitative estimate of drug-likeness (QED) is 0.819. The Kier molecular flexibility index (Phi) is 3.58. The summed E-state index contributed by atoms with van der Waals surface area (Å²) in [6.45, 7) is 0.956. The molecule has 3 aliphatic carbocycles. The van der Waals surface area contributed by atoms with Crippen LogP contribution in [0.3, 0.4) is 0 Å². The van der Waals surface area contributed by atoms with Crippen molar-refractivity contribution in [3.05, 3.63) is 28.8 Å². The first-order chi connectivity index (χ1) is 12.6. The van der Waals surface area contributed by atoms with Gasteiger partial charge in [0, 0.05) is 11.5 Å². The lowest BCUT2D eigenvalue weighted by atomic mass is 9.48. The van der Waals surface area contributed by atoms with Crippen molar-refractivity contribution in [3.8, 4) is 5.75 Å². The summed E-state index contributed by atoms with van der Waals surface area (Å²) < 4.78 is 5.66. The fourth-order valence-electron chi connectivity index (χ4n) is 6.57. The van der Waals surface area contributed by atoms with Gasteiger partial charge in [-0.3, -0.25) is 0 Å². The molecule has 2 bridgehead atoms. The van der Waals surface area contributed by atoms with Gasteiger partial charge in [0.2, 0.25) is 0 Å². The van der Waals surface area contributed by atoms with Crippen molar-refractivity contribution in [2.45, 2.75) is 80.3 Å². The third kappa shape index (κ3) is 1.90. The summed E-state index contributed by atoms with van der Waals surface area (Å²) in [7, 11) is 1.71. The minimum atomic E-state index is -0.673. The highest BCUT2D eigenvalue weighted by atomic mass is 16.5. The molecule has 4 heteroatoms. The highest BCUT2D eigenvalue weighted by Gasteiger charge is 2.62. The first-order valence-electron chi connectivity index (χ1n) is 10.2. The van der Waals surface area contributed by atoms with Crippen LogP contribution >= 0.6 is 0 Å². The molecule has 1 saturated heterocycles. The van der Waals surface area contributed by atoms with E-state index in [2.05, 4.69) is 17.4 Å². The summed E-state index contributed by atoms with van der Waals surface area (Å²) in [5, 5.41) is 15.4. The number of fused-ring (bicyclic) bond motifs is 1. The lowest BCUT2D eigenvalue weighted by Gasteiger charge is -2.61. The predicted molar refractivity (Wildman–Crippen MR) is 99.8 cm³/mol. The van der Waals surface area contributed by atoms with E-state index in [0.717, 1.165) is 63.7 Å². The number of carbonyl (C=O) groups excluding carboxylic acids is 1. The fraction of sp³-hybridized carbons (Fsp3) is 0.682. The second-order valence-corrected chi connectivity index (χ2v) is 9.00.